The maximum Gasteiger partial charge on any atom is 0.187 e. The first-order chi connectivity index (χ1) is 10.8. The number of nitrogens with one attached hydrogen (secondary N) is 2. The molecule has 0 unspecified atom stereocenters. The Morgan fingerprint density at radius 3 is 2.68 bits per heavy atom. The zero-order valence-corrected chi connectivity index (χ0v) is 13.4. The number of fused-ring (bicyclic) bond motifs is 1. The van der Waals surface area contributed by atoms with Gasteiger partial charge in [0.2, 0.25) is 0 Å². The van der Waals surface area contributed by atoms with Crippen LogP contribution in [0.1, 0.15) is 37.7 Å². The zero-order chi connectivity index (χ0) is 15.2. The van der Waals surface area contributed by atoms with Gasteiger partial charge in [0.05, 0.1) is 6.21 Å². The first-order valence-corrected chi connectivity index (χ1v) is 8.31. The molecule has 2 N–H and O–H groups in total. The average molecular weight is 311 g/mol. The molecule has 0 aromatic heterocycles. The van der Waals surface area contributed by atoms with Gasteiger partial charge in [-0.2, -0.15) is 5.10 Å². The molecule has 0 heterocycles. The van der Waals surface area contributed by atoms with Crippen molar-refractivity contribution >= 4 is 34.3 Å². The molecule has 0 spiro atoms. The molecule has 22 heavy (non-hydrogen) atoms. The van der Waals surface area contributed by atoms with E-state index in [0.717, 1.165) is 5.56 Å². The lowest BCUT2D eigenvalue weighted by atomic mass is 9.96. The highest BCUT2D eigenvalue weighted by molar-refractivity contribution is 7.80. The third-order valence-corrected chi connectivity index (χ3v) is 4.34. The smallest absolute Gasteiger partial charge is 0.187 e. The normalized spacial score (nSPS) is 16.0. The lowest BCUT2D eigenvalue weighted by molar-refractivity contribution is 0.412. The Morgan fingerprint density at radius 2 is 1.82 bits per heavy atom. The van der Waals surface area contributed by atoms with E-state index in [4.69, 9.17) is 12.2 Å². The molecular formula is C18H21N3S. The van der Waals surface area contributed by atoms with E-state index in [9.17, 15) is 0 Å². The van der Waals surface area contributed by atoms with Crippen molar-refractivity contribution in [3.8, 4) is 0 Å². The molecule has 1 saturated carbocycles. The monoisotopic (exact) mass is 311 g/mol. The summed E-state index contributed by atoms with van der Waals surface area (Å²) in [7, 11) is 0. The first kappa shape index (κ1) is 15.0. The third-order valence-electron chi connectivity index (χ3n) is 4.13. The van der Waals surface area contributed by atoms with E-state index in [1.807, 2.05) is 24.4 Å². The second-order valence-electron chi connectivity index (χ2n) is 5.75. The summed E-state index contributed by atoms with van der Waals surface area (Å²) in [5, 5.41) is 10.7. The molecule has 114 valence electrons. The average Bonchev–Trinajstić information content (AvgIpc) is 2.56. The van der Waals surface area contributed by atoms with Crippen molar-refractivity contribution < 1.29 is 0 Å². The van der Waals surface area contributed by atoms with Crippen LogP contribution in [0.15, 0.2) is 47.6 Å². The second-order valence-corrected chi connectivity index (χ2v) is 6.16. The van der Waals surface area contributed by atoms with Crippen molar-refractivity contribution in [1.82, 2.24) is 10.7 Å². The molecule has 0 aliphatic heterocycles. The van der Waals surface area contributed by atoms with Crippen molar-refractivity contribution in [2.24, 2.45) is 5.10 Å². The van der Waals surface area contributed by atoms with Crippen LogP contribution in [0.5, 0.6) is 0 Å². The minimum absolute atomic E-state index is 0.501. The van der Waals surface area contributed by atoms with Gasteiger partial charge >= 0.3 is 0 Å². The predicted octanol–water partition coefficient (Wildman–Crippen LogP) is 3.97. The second kappa shape index (κ2) is 7.36. The molecule has 1 aliphatic rings. The Balaban J connectivity index is 1.60. The third kappa shape index (κ3) is 3.83. The standard InChI is InChI=1S/C18H21N3S/c22-18(20-16-10-2-1-3-11-16)21-19-13-15-9-6-8-14-7-4-5-12-17(14)15/h4-9,12-13,16H,1-3,10-11H2,(H2,20,21,22). The van der Waals surface area contributed by atoms with Crippen LogP contribution in [0.4, 0.5) is 0 Å². The van der Waals surface area contributed by atoms with Gasteiger partial charge in [-0.3, -0.25) is 5.43 Å². The molecule has 0 radical (unpaired) electrons. The minimum Gasteiger partial charge on any atom is -0.359 e. The molecule has 1 fully saturated rings. The number of rotatable bonds is 3. The number of thiocarbonyl (C=S) groups is 1. The highest BCUT2D eigenvalue weighted by Crippen LogP contribution is 2.17. The van der Waals surface area contributed by atoms with E-state index in [-0.39, 0.29) is 0 Å². The summed E-state index contributed by atoms with van der Waals surface area (Å²) in [4.78, 5) is 0. The van der Waals surface area contributed by atoms with Gasteiger partial charge in [0.1, 0.15) is 0 Å². The molecule has 4 heteroatoms. The van der Waals surface area contributed by atoms with E-state index in [2.05, 4.69) is 40.1 Å². The Hall–Kier alpha value is -1.94. The molecule has 3 nitrogen and oxygen atoms in total. The summed E-state index contributed by atoms with van der Waals surface area (Å²) >= 11 is 5.31. The van der Waals surface area contributed by atoms with E-state index in [0.29, 0.717) is 11.2 Å². The van der Waals surface area contributed by atoms with Crippen LogP contribution in [0.2, 0.25) is 0 Å². The van der Waals surface area contributed by atoms with Gasteiger partial charge in [0.15, 0.2) is 5.11 Å². The fourth-order valence-corrected chi connectivity index (χ4v) is 3.21. The first-order valence-electron chi connectivity index (χ1n) is 7.90. The van der Waals surface area contributed by atoms with Crippen LogP contribution < -0.4 is 10.7 Å². The van der Waals surface area contributed by atoms with Gasteiger partial charge in [0, 0.05) is 11.6 Å². The summed E-state index contributed by atoms with van der Waals surface area (Å²) in [6.07, 6.45) is 8.16. The van der Waals surface area contributed by atoms with E-state index in [1.165, 1.54) is 42.9 Å². The van der Waals surface area contributed by atoms with Gasteiger partial charge in [-0.1, -0.05) is 61.7 Å². The number of nitrogens with zero attached hydrogens (tertiary/aromatic N) is 1. The maximum absolute atomic E-state index is 5.31. The SMILES string of the molecule is S=C(NN=Cc1cccc2ccccc12)NC1CCCCC1. The Morgan fingerprint density at radius 1 is 1.05 bits per heavy atom. The van der Waals surface area contributed by atoms with Crippen molar-refractivity contribution in [2.45, 2.75) is 38.1 Å². The van der Waals surface area contributed by atoms with Gasteiger partial charge in [-0.05, 0) is 35.8 Å². The molecule has 0 bridgehead atoms. The fraction of sp³-hybridized carbons (Fsp3) is 0.333. The largest absolute Gasteiger partial charge is 0.359 e. The number of benzene rings is 2. The van der Waals surface area contributed by atoms with E-state index in [1.54, 1.807) is 0 Å². The highest BCUT2D eigenvalue weighted by atomic mass is 32.1. The highest BCUT2D eigenvalue weighted by Gasteiger charge is 2.13. The number of hydrogen-bond acceptors (Lipinski definition) is 2. The quantitative estimate of drug-likeness (QED) is 0.511. The van der Waals surface area contributed by atoms with Crippen LogP contribution >= 0.6 is 12.2 Å². The summed E-state index contributed by atoms with van der Waals surface area (Å²) in [6.45, 7) is 0. The lowest BCUT2D eigenvalue weighted by Gasteiger charge is -2.23. The van der Waals surface area contributed by atoms with Gasteiger partial charge in [-0.15, -0.1) is 0 Å². The zero-order valence-electron chi connectivity index (χ0n) is 12.6. The van der Waals surface area contributed by atoms with Crippen LogP contribution in [0.25, 0.3) is 10.8 Å². The van der Waals surface area contributed by atoms with E-state index >= 15 is 0 Å². The predicted molar refractivity (Wildman–Crippen MR) is 97.3 cm³/mol. The van der Waals surface area contributed by atoms with Crippen LogP contribution in [0, 0.1) is 0 Å². The number of hydrogen-bond donors (Lipinski definition) is 2. The van der Waals surface area contributed by atoms with Gasteiger partial charge in [0.25, 0.3) is 0 Å². The molecule has 0 atom stereocenters. The summed E-state index contributed by atoms with van der Waals surface area (Å²) in [5.41, 5.74) is 4.02. The van der Waals surface area contributed by atoms with Crippen LogP contribution in [-0.2, 0) is 0 Å². The van der Waals surface area contributed by atoms with Crippen LogP contribution in [0.3, 0.4) is 0 Å². The summed E-state index contributed by atoms with van der Waals surface area (Å²) < 4.78 is 0. The fourth-order valence-electron chi connectivity index (χ4n) is 2.99. The Labute approximate surface area is 136 Å². The summed E-state index contributed by atoms with van der Waals surface area (Å²) in [5.74, 6) is 0. The van der Waals surface area contributed by atoms with Crippen LogP contribution in [-0.4, -0.2) is 17.4 Å². The maximum atomic E-state index is 5.31. The summed E-state index contributed by atoms with van der Waals surface area (Å²) in [6, 6.07) is 15.0. The topological polar surface area (TPSA) is 36.4 Å². The van der Waals surface area contributed by atoms with Crippen molar-refractivity contribution in [3.63, 3.8) is 0 Å². The molecule has 1 aliphatic carbocycles. The van der Waals surface area contributed by atoms with Gasteiger partial charge < -0.3 is 5.32 Å². The molecule has 2 aromatic rings. The Kier molecular flexibility index (Phi) is 5.01. The lowest BCUT2D eigenvalue weighted by Crippen LogP contribution is -2.40. The van der Waals surface area contributed by atoms with Gasteiger partial charge in [-0.25, -0.2) is 0 Å². The van der Waals surface area contributed by atoms with E-state index < -0.39 is 0 Å². The molecular weight excluding hydrogens is 290 g/mol. The molecule has 0 amide bonds. The minimum atomic E-state index is 0.501. The number of hydrazone groups is 1. The Bertz CT molecular complexity index is 670. The van der Waals surface area contributed by atoms with Crippen molar-refractivity contribution in [1.29, 1.82) is 0 Å². The molecule has 3 rings (SSSR count). The van der Waals surface area contributed by atoms with Crippen molar-refractivity contribution in [2.75, 3.05) is 0 Å². The molecule has 0 saturated heterocycles. The molecule has 2 aromatic carbocycles. The van der Waals surface area contributed by atoms with Crippen molar-refractivity contribution in [3.05, 3.63) is 48.0 Å².